The first-order valence-corrected chi connectivity index (χ1v) is 9.91. The predicted molar refractivity (Wildman–Crippen MR) is 94.7 cm³/mol. The van der Waals surface area contributed by atoms with E-state index in [0.717, 1.165) is 28.0 Å². The van der Waals surface area contributed by atoms with Crippen molar-refractivity contribution in [2.75, 3.05) is 0 Å². The zero-order valence-electron chi connectivity index (χ0n) is 12.7. The molecule has 1 unspecified atom stereocenters. The molecule has 4 nitrogen and oxygen atoms in total. The average molecular weight is 527 g/mol. The van der Waals surface area contributed by atoms with E-state index in [1.807, 2.05) is 45.0 Å². The van der Waals surface area contributed by atoms with E-state index in [4.69, 9.17) is 11.6 Å². The van der Waals surface area contributed by atoms with Crippen LogP contribution in [0.3, 0.4) is 0 Å². The molecule has 2 aromatic heterocycles. The molecule has 116 valence electrons. The number of nitrogens with zero attached hydrogens (tertiary/aromatic N) is 3. The number of fused-ring (bicyclic) bond motifs is 2. The molecule has 0 fully saturated rings. The molecular weight excluding hydrogens is 514 g/mol. The Hall–Kier alpha value is -1.51. The summed E-state index contributed by atoms with van der Waals surface area (Å²) < 4.78 is 1.99. The van der Waals surface area contributed by atoms with Crippen LogP contribution in [-0.2, 0) is 6.42 Å². The topological polar surface area (TPSA) is 50.9 Å². The van der Waals surface area contributed by atoms with Gasteiger partial charge in [0.25, 0.3) is 0 Å². The van der Waals surface area contributed by atoms with Crippen LogP contribution in [0.2, 0.25) is 5.02 Å². The van der Waals surface area contributed by atoms with Gasteiger partial charge in [-0.1, -0.05) is 0 Å². The Morgan fingerprint density at radius 3 is 2.92 bits per heavy atom. The van der Waals surface area contributed by atoms with E-state index in [9.17, 15) is 5.11 Å². The number of rotatable bonds is 2. The van der Waals surface area contributed by atoms with Gasteiger partial charge in [-0.3, -0.25) is 0 Å². The number of hydrogen-bond donors (Lipinski definition) is 1. The third-order valence-corrected chi connectivity index (χ3v) is 5.51. The number of benzene rings is 1. The summed E-state index contributed by atoms with van der Waals surface area (Å²) >= 11 is 6.85. The summed E-state index contributed by atoms with van der Waals surface area (Å²) in [6.45, 7) is 0. The van der Waals surface area contributed by atoms with Crippen molar-refractivity contribution >= 4 is 49.3 Å². The van der Waals surface area contributed by atoms with Crippen LogP contribution in [-0.4, -0.2) is 43.5 Å². The first-order valence-electron chi connectivity index (χ1n) is 7.53. The third-order valence-electron chi connectivity index (χ3n) is 4.17. The number of aliphatic hydroxyl groups is 1. The van der Waals surface area contributed by atoms with Gasteiger partial charge in [0.15, 0.2) is 0 Å². The van der Waals surface area contributed by atoms with Gasteiger partial charge in [0.2, 0.25) is 0 Å². The van der Waals surface area contributed by atoms with Gasteiger partial charge >= 0.3 is 161 Å². The first-order chi connectivity index (χ1) is 11.6. The van der Waals surface area contributed by atoms with Crippen LogP contribution in [0.4, 0.5) is 0 Å². The average Bonchev–Trinajstić information content (AvgIpc) is 2.94. The molecule has 0 saturated heterocycles. The molecule has 1 aromatic carbocycles. The minimum absolute atomic E-state index is 0.623. The van der Waals surface area contributed by atoms with Crippen molar-refractivity contribution < 1.29 is 5.11 Å². The summed E-state index contributed by atoms with van der Waals surface area (Å²) in [6, 6.07) is 9.74. The summed E-state index contributed by atoms with van der Waals surface area (Å²) in [7, 11) is 0. The molecular formula is C18H13ClN3OTl. The third kappa shape index (κ3) is 2.94. The zero-order chi connectivity index (χ0) is 16.7. The molecule has 2 heterocycles. The van der Waals surface area contributed by atoms with Crippen molar-refractivity contribution in [3.63, 3.8) is 0 Å². The van der Waals surface area contributed by atoms with Crippen LogP contribution in [0.5, 0.6) is 0 Å². The van der Waals surface area contributed by atoms with Crippen molar-refractivity contribution in [3.05, 3.63) is 82.2 Å². The summed E-state index contributed by atoms with van der Waals surface area (Å²) in [5.74, 6) is 0. The van der Waals surface area contributed by atoms with Crippen molar-refractivity contribution in [2.45, 2.75) is 12.5 Å². The number of pyridine rings is 1. The second-order valence-corrected chi connectivity index (χ2v) is 8.52. The Bertz CT molecular complexity index is 951. The van der Waals surface area contributed by atoms with E-state index in [1.54, 1.807) is 12.5 Å². The first kappa shape index (κ1) is 16.0. The van der Waals surface area contributed by atoms with E-state index in [1.165, 1.54) is 0 Å². The van der Waals surface area contributed by atoms with Gasteiger partial charge < -0.3 is 0 Å². The number of halogens is 1. The van der Waals surface area contributed by atoms with E-state index >= 15 is 0 Å². The van der Waals surface area contributed by atoms with Crippen molar-refractivity contribution in [1.29, 1.82) is 0 Å². The van der Waals surface area contributed by atoms with Gasteiger partial charge in [-0.25, -0.2) is 0 Å². The van der Waals surface area contributed by atoms with E-state index < -0.39 is 6.10 Å². The van der Waals surface area contributed by atoms with Crippen LogP contribution in [0.25, 0.3) is 11.6 Å². The molecule has 0 spiro atoms. The summed E-state index contributed by atoms with van der Waals surface area (Å²) in [4.78, 5) is 8.84. The normalized spacial score (nSPS) is 14.3. The maximum absolute atomic E-state index is 11.0. The van der Waals surface area contributed by atoms with Crippen molar-refractivity contribution in [2.24, 2.45) is 0 Å². The van der Waals surface area contributed by atoms with Crippen LogP contribution in [0.15, 0.2) is 49.1 Å². The zero-order valence-corrected chi connectivity index (χ0v) is 18.0. The van der Waals surface area contributed by atoms with Crippen molar-refractivity contribution in [1.82, 2.24) is 12.3 Å². The second kappa shape index (κ2) is 6.42. The predicted octanol–water partition coefficient (Wildman–Crippen LogP) is 3.04. The molecule has 0 amide bonds. The van der Waals surface area contributed by atoms with Gasteiger partial charge in [-0.2, -0.15) is 0 Å². The van der Waals surface area contributed by atoms with Gasteiger partial charge in [-0.15, -0.1) is 0 Å². The number of imidazole rings is 1. The molecule has 4 rings (SSSR count). The Morgan fingerprint density at radius 2 is 2.12 bits per heavy atom. The van der Waals surface area contributed by atoms with Crippen LogP contribution < -0.4 is 0 Å². The van der Waals surface area contributed by atoms with Crippen LogP contribution in [0, 0.1) is 0 Å². The summed E-state index contributed by atoms with van der Waals surface area (Å²) in [5.41, 5.74) is 5.54. The summed E-state index contributed by atoms with van der Waals surface area (Å²) in [6.07, 6.45) is 7.38. The van der Waals surface area contributed by atoms with Crippen LogP contribution >= 0.6 is 11.6 Å². The molecule has 24 heavy (non-hydrogen) atoms. The fourth-order valence-corrected chi connectivity index (χ4v) is 4.03. The molecule has 1 N–H and O–H groups in total. The van der Waals surface area contributed by atoms with Crippen molar-refractivity contribution in [3.8, 4) is 0 Å². The quantitative estimate of drug-likeness (QED) is 0.522. The molecule has 0 bridgehead atoms. The maximum atomic E-state index is 11.0. The molecule has 3 aromatic rings. The van der Waals surface area contributed by atoms with E-state index in [-0.39, 0.29) is 0 Å². The monoisotopic (exact) mass is 527 g/mol. The number of aromatic nitrogens is 3. The van der Waals surface area contributed by atoms with Gasteiger partial charge in [-0.05, 0) is 0 Å². The molecule has 0 saturated carbocycles. The van der Waals surface area contributed by atoms with Gasteiger partial charge in [0.05, 0.1) is 0 Å². The molecule has 6 heteroatoms. The summed E-state index contributed by atoms with van der Waals surface area (Å²) in [5, 5.41) is 11.6. The Kier molecular flexibility index (Phi) is 4.28. The molecule has 1 aliphatic rings. The Labute approximate surface area is 160 Å². The number of aliphatic hydroxyl groups excluding tert-OH is 1. The molecule has 1 atom stereocenters. The fraction of sp³-hybridized carbons (Fsp3) is 0.111. The minimum atomic E-state index is -0.798. The standard InChI is InChI=1S/C18H13ClN3O.Tl/c19-13-4-3-11-7-16-12(2-1-5-21-16)6-15(14(11)8-13)18(23)17-9-20-10-22-17;/h1-6,8-10,18,23H,7H2;/q-1;+1. The Balaban J connectivity index is 1.92. The molecule has 1 aliphatic carbocycles. The van der Waals surface area contributed by atoms with Gasteiger partial charge in [0.1, 0.15) is 0 Å². The van der Waals surface area contributed by atoms with Crippen LogP contribution in [0.1, 0.15) is 34.2 Å². The van der Waals surface area contributed by atoms with E-state index in [2.05, 4.69) is 9.97 Å². The van der Waals surface area contributed by atoms with E-state index in [0.29, 0.717) is 43.2 Å². The number of hydrogen-bond acceptors (Lipinski definition) is 3. The van der Waals surface area contributed by atoms with Gasteiger partial charge in [0, 0.05) is 0 Å². The molecule has 0 aliphatic heterocycles. The SMILES string of the molecule is OC(C1=Cc2cccnc2Cc2ccc(Cl)cc21)c1c[n]([Tl])cn1. The molecule has 0 radical (unpaired) electrons. The second-order valence-electron chi connectivity index (χ2n) is 5.77. The fourth-order valence-electron chi connectivity index (χ4n) is 3.01. The Morgan fingerprint density at radius 1 is 1.25 bits per heavy atom.